The zero-order valence-corrected chi connectivity index (χ0v) is 14.2. The molecular formula is C20H23FN2O2. The van der Waals surface area contributed by atoms with Gasteiger partial charge in [-0.15, -0.1) is 0 Å². The van der Waals surface area contributed by atoms with Crippen molar-refractivity contribution in [2.45, 2.75) is 19.4 Å². The van der Waals surface area contributed by atoms with Crippen LogP contribution in [-0.2, 0) is 17.8 Å². The van der Waals surface area contributed by atoms with Crippen molar-refractivity contribution >= 4 is 5.91 Å². The summed E-state index contributed by atoms with van der Waals surface area (Å²) < 4.78 is 18.6. The number of hydrogen-bond acceptors (Lipinski definition) is 3. The van der Waals surface area contributed by atoms with Gasteiger partial charge < -0.3 is 15.0 Å². The highest BCUT2D eigenvalue weighted by atomic mass is 19.1. The van der Waals surface area contributed by atoms with Gasteiger partial charge in [-0.2, -0.15) is 0 Å². The zero-order chi connectivity index (χ0) is 17.5. The first-order valence-corrected chi connectivity index (χ1v) is 8.65. The molecule has 1 N–H and O–H groups in total. The van der Waals surface area contributed by atoms with Crippen molar-refractivity contribution in [3.63, 3.8) is 0 Å². The molecule has 0 bridgehead atoms. The Hall–Kier alpha value is -2.40. The van der Waals surface area contributed by atoms with Crippen LogP contribution in [0.15, 0.2) is 48.5 Å². The van der Waals surface area contributed by atoms with E-state index in [2.05, 4.69) is 5.32 Å². The minimum absolute atomic E-state index is 0.220. The summed E-state index contributed by atoms with van der Waals surface area (Å²) in [6.07, 6.45) is 1.27. The van der Waals surface area contributed by atoms with Gasteiger partial charge in [-0.1, -0.05) is 24.3 Å². The first-order valence-electron chi connectivity index (χ1n) is 8.65. The van der Waals surface area contributed by atoms with E-state index in [0.29, 0.717) is 13.0 Å². The minimum atomic E-state index is -0.247. The third kappa shape index (κ3) is 5.29. The van der Waals surface area contributed by atoms with Crippen LogP contribution in [0.5, 0.6) is 5.75 Å². The summed E-state index contributed by atoms with van der Waals surface area (Å²) in [7, 11) is 0. The highest BCUT2D eigenvalue weighted by Crippen LogP contribution is 2.16. The van der Waals surface area contributed by atoms with E-state index in [-0.39, 0.29) is 11.7 Å². The van der Waals surface area contributed by atoms with Crippen LogP contribution in [-0.4, -0.2) is 37.0 Å². The molecule has 0 spiro atoms. The maximum atomic E-state index is 12.9. The van der Waals surface area contributed by atoms with Crippen LogP contribution in [0.2, 0.25) is 0 Å². The zero-order valence-electron chi connectivity index (χ0n) is 14.2. The molecule has 132 valence electrons. The fourth-order valence-corrected chi connectivity index (χ4v) is 2.82. The van der Waals surface area contributed by atoms with Crippen LogP contribution < -0.4 is 10.1 Å². The summed E-state index contributed by atoms with van der Waals surface area (Å²) >= 11 is 0. The molecule has 1 fully saturated rings. The SMILES string of the molecule is O=C(CCc1ccc(OCc2ccc(F)cc2)cc1)N1CCNCC1. The van der Waals surface area contributed by atoms with Gasteiger partial charge in [0.2, 0.25) is 5.91 Å². The van der Waals surface area contributed by atoms with E-state index < -0.39 is 0 Å². The van der Waals surface area contributed by atoms with E-state index in [1.807, 2.05) is 29.2 Å². The van der Waals surface area contributed by atoms with Crippen molar-refractivity contribution < 1.29 is 13.9 Å². The number of carbonyl (C=O) groups is 1. The van der Waals surface area contributed by atoms with Crippen molar-refractivity contribution in [1.82, 2.24) is 10.2 Å². The molecule has 0 aromatic heterocycles. The number of nitrogens with one attached hydrogen (secondary N) is 1. The summed E-state index contributed by atoms with van der Waals surface area (Å²) in [5.74, 6) is 0.739. The molecule has 1 aliphatic heterocycles. The summed E-state index contributed by atoms with van der Waals surface area (Å²) in [6.45, 7) is 3.77. The number of hydrogen-bond donors (Lipinski definition) is 1. The molecule has 2 aromatic rings. The smallest absolute Gasteiger partial charge is 0.222 e. The Kier molecular flexibility index (Phi) is 6.01. The van der Waals surface area contributed by atoms with E-state index in [4.69, 9.17) is 4.74 Å². The normalized spacial score (nSPS) is 14.4. The molecule has 1 aliphatic rings. The van der Waals surface area contributed by atoms with E-state index in [9.17, 15) is 9.18 Å². The average molecular weight is 342 g/mol. The summed E-state index contributed by atoms with van der Waals surface area (Å²) in [5.41, 5.74) is 2.05. The standard InChI is InChI=1S/C20H23FN2O2/c21-18-6-1-17(2-7-18)15-25-19-8-3-16(4-9-19)5-10-20(24)23-13-11-22-12-14-23/h1-4,6-9,22H,5,10-15H2. The first kappa shape index (κ1) is 17.4. The minimum Gasteiger partial charge on any atom is -0.489 e. The van der Waals surface area contributed by atoms with E-state index >= 15 is 0 Å². The molecule has 0 radical (unpaired) electrons. The van der Waals surface area contributed by atoms with Crippen LogP contribution in [0.3, 0.4) is 0 Å². The Balaban J connectivity index is 1.45. The molecule has 1 amide bonds. The second-order valence-electron chi connectivity index (χ2n) is 6.19. The fourth-order valence-electron chi connectivity index (χ4n) is 2.82. The van der Waals surface area contributed by atoms with Gasteiger partial charge in [-0.25, -0.2) is 4.39 Å². The highest BCUT2D eigenvalue weighted by Gasteiger charge is 2.15. The highest BCUT2D eigenvalue weighted by molar-refractivity contribution is 5.76. The Morgan fingerprint density at radius 2 is 1.64 bits per heavy atom. The molecule has 2 aromatic carbocycles. The molecule has 3 rings (SSSR count). The molecule has 4 nitrogen and oxygen atoms in total. The van der Waals surface area contributed by atoms with E-state index in [0.717, 1.165) is 49.5 Å². The topological polar surface area (TPSA) is 41.6 Å². The number of carbonyl (C=O) groups excluding carboxylic acids is 1. The van der Waals surface area contributed by atoms with Gasteiger partial charge in [0.05, 0.1) is 0 Å². The Morgan fingerprint density at radius 3 is 2.32 bits per heavy atom. The number of benzene rings is 2. The molecule has 0 saturated carbocycles. The van der Waals surface area contributed by atoms with Crippen LogP contribution >= 0.6 is 0 Å². The lowest BCUT2D eigenvalue weighted by molar-refractivity contribution is -0.131. The quantitative estimate of drug-likeness (QED) is 0.878. The monoisotopic (exact) mass is 342 g/mol. The van der Waals surface area contributed by atoms with Crippen molar-refractivity contribution in [3.05, 3.63) is 65.5 Å². The van der Waals surface area contributed by atoms with Crippen molar-refractivity contribution in [2.75, 3.05) is 26.2 Å². The maximum absolute atomic E-state index is 12.9. The van der Waals surface area contributed by atoms with Gasteiger partial charge in [0, 0.05) is 32.6 Å². The Morgan fingerprint density at radius 1 is 1.00 bits per heavy atom. The molecule has 5 heteroatoms. The number of nitrogens with zero attached hydrogens (tertiary/aromatic N) is 1. The Bertz CT molecular complexity index is 680. The van der Waals surface area contributed by atoms with Crippen LogP contribution in [0.25, 0.3) is 0 Å². The molecule has 0 unspecified atom stereocenters. The molecule has 0 atom stereocenters. The predicted molar refractivity (Wildman–Crippen MR) is 94.9 cm³/mol. The van der Waals surface area contributed by atoms with Crippen molar-refractivity contribution in [3.8, 4) is 5.75 Å². The molecule has 1 heterocycles. The first-order chi connectivity index (χ1) is 12.2. The number of amides is 1. The Labute approximate surface area is 147 Å². The van der Waals surface area contributed by atoms with Gasteiger partial charge >= 0.3 is 0 Å². The summed E-state index contributed by atoms with van der Waals surface area (Å²) in [5, 5.41) is 3.25. The van der Waals surface area contributed by atoms with Crippen molar-refractivity contribution in [1.29, 1.82) is 0 Å². The molecule has 1 saturated heterocycles. The van der Waals surface area contributed by atoms with Gasteiger partial charge in [0.1, 0.15) is 18.2 Å². The third-order valence-electron chi connectivity index (χ3n) is 4.34. The number of ether oxygens (including phenoxy) is 1. The number of piperazine rings is 1. The van der Waals surface area contributed by atoms with Gasteiger partial charge in [0.25, 0.3) is 0 Å². The average Bonchev–Trinajstić information content (AvgIpc) is 2.67. The lowest BCUT2D eigenvalue weighted by Crippen LogP contribution is -2.46. The molecular weight excluding hydrogens is 319 g/mol. The van der Waals surface area contributed by atoms with Crippen LogP contribution in [0.4, 0.5) is 4.39 Å². The number of aryl methyl sites for hydroxylation is 1. The number of halogens is 1. The van der Waals surface area contributed by atoms with Gasteiger partial charge in [-0.3, -0.25) is 4.79 Å². The number of rotatable bonds is 6. The predicted octanol–water partition coefficient (Wildman–Crippen LogP) is 2.77. The lowest BCUT2D eigenvalue weighted by Gasteiger charge is -2.27. The summed E-state index contributed by atoms with van der Waals surface area (Å²) in [4.78, 5) is 14.1. The fraction of sp³-hybridized carbons (Fsp3) is 0.350. The second-order valence-corrected chi connectivity index (χ2v) is 6.19. The summed E-state index contributed by atoms with van der Waals surface area (Å²) in [6, 6.07) is 14.1. The van der Waals surface area contributed by atoms with Gasteiger partial charge in [0.15, 0.2) is 0 Å². The maximum Gasteiger partial charge on any atom is 0.222 e. The third-order valence-corrected chi connectivity index (χ3v) is 4.34. The van der Waals surface area contributed by atoms with Crippen LogP contribution in [0.1, 0.15) is 17.5 Å². The largest absolute Gasteiger partial charge is 0.489 e. The second kappa shape index (κ2) is 8.62. The van der Waals surface area contributed by atoms with Gasteiger partial charge in [-0.05, 0) is 41.8 Å². The molecule has 0 aliphatic carbocycles. The molecule has 25 heavy (non-hydrogen) atoms. The van der Waals surface area contributed by atoms with Crippen LogP contribution in [0, 0.1) is 5.82 Å². The lowest BCUT2D eigenvalue weighted by atomic mass is 10.1. The van der Waals surface area contributed by atoms with E-state index in [1.165, 1.54) is 12.1 Å². The van der Waals surface area contributed by atoms with Crippen molar-refractivity contribution in [2.24, 2.45) is 0 Å². The van der Waals surface area contributed by atoms with E-state index in [1.54, 1.807) is 12.1 Å².